The van der Waals surface area contributed by atoms with Gasteiger partial charge in [-0.15, -0.1) is 0 Å². The van der Waals surface area contributed by atoms with Crippen LogP contribution in [0, 0.1) is 10.7 Å². The second-order valence-electron chi connectivity index (χ2n) is 3.21. The third-order valence-electron chi connectivity index (χ3n) is 2.08. The molecule has 0 aromatic heterocycles. The van der Waals surface area contributed by atoms with Crippen LogP contribution in [0.2, 0.25) is 0 Å². The molecular weight excluding hydrogens is 240 g/mol. The van der Waals surface area contributed by atoms with E-state index >= 15 is 0 Å². The summed E-state index contributed by atoms with van der Waals surface area (Å²) in [7, 11) is 0. The normalized spacial score (nSPS) is 8.72. The maximum Gasteiger partial charge on any atom is 0.138 e. The predicted molar refractivity (Wildman–Crippen MR) is 79.0 cm³/mol. The molecule has 2 aromatic rings. The SMILES string of the molecule is CC.N#CSc1ccc(Nc2ccccc2)cc1. The predicted octanol–water partition coefficient (Wildman–Crippen LogP) is 5.03. The van der Waals surface area contributed by atoms with Crippen LogP contribution in [-0.4, -0.2) is 0 Å². The van der Waals surface area contributed by atoms with Gasteiger partial charge in [0, 0.05) is 16.3 Å². The van der Waals surface area contributed by atoms with Crippen molar-refractivity contribution in [2.75, 3.05) is 5.32 Å². The highest BCUT2D eigenvalue weighted by molar-refractivity contribution is 8.03. The molecule has 0 aliphatic heterocycles. The summed E-state index contributed by atoms with van der Waals surface area (Å²) in [6.45, 7) is 4.00. The van der Waals surface area contributed by atoms with Crippen molar-refractivity contribution in [2.24, 2.45) is 0 Å². The first kappa shape index (κ1) is 14.1. The monoisotopic (exact) mass is 256 g/mol. The molecular formula is C15H16N2S. The van der Waals surface area contributed by atoms with Crippen LogP contribution in [-0.2, 0) is 0 Å². The summed E-state index contributed by atoms with van der Waals surface area (Å²) in [6, 6.07) is 17.8. The molecule has 2 nitrogen and oxygen atoms in total. The van der Waals surface area contributed by atoms with Gasteiger partial charge >= 0.3 is 0 Å². The minimum Gasteiger partial charge on any atom is -0.356 e. The quantitative estimate of drug-likeness (QED) is 0.618. The highest BCUT2D eigenvalue weighted by Gasteiger charge is 1.95. The van der Waals surface area contributed by atoms with Crippen molar-refractivity contribution in [1.82, 2.24) is 0 Å². The first-order valence-corrected chi connectivity index (χ1v) is 6.68. The molecule has 0 atom stereocenters. The van der Waals surface area contributed by atoms with E-state index in [0.717, 1.165) is 16.3 Å². The Labute approximate surface area is 113 Å². The summed E-state index contributed by atoms with van der Waals surface area (Å²) in [4.78, 5) is 0.959. The van der Waals surface area contributed by atoms with Crippen LogP contribution >= 0.6 is 11.8 Å². The first-order chi connectivity index (χ1) is 8.88. The van der Waals surface area contributed by atoms with E-state index in [2.05, 4.69) is 5.32 Å². The Bertz CT molecular complexity index is 486. The van der Waals surface area contributed by atoms with E-state index in [9.17, 15) is 0 Å². The van der Waals surface area contributed by atoms with E-state index in [1.165, 1.54) is 11.8 Å². The van der Waals surface area contributed by atoms with Crippen LogP contribution in [0.4, 0.5) is 11.4 Å². The summed E-state index contributed by atoms with van der Waals surface area (Å²) in [5, 5.41) is 13.9. The Morgan fingerprint density at radius 3 is 2.00 bits per heavy atom. The molecule has 0 radical (unpaired) electrons. The van der Waals surface area contributed by atoms with E-state index in [1.807, 2.05) is 73.8 Å². The Balaban J connectivity index is 0.000000771. The lowest BCUT2D eigenvalue weighted by Crippen LogP contribution is -1.88. The van der Waals surface area contributed by atoms with Gasteiger partial charge in [-0.25, -0.2) is 0 Å². The highest BCUT2D eigenvalue weighted by atomic mass is 32.2. The van der Waals surface area contributed by atoms with Gasteiger partial charge in [-0.1, -0.05) is 32.0 Å². The number of thiocyanates is 1. The second kappa shape index (κ2) is 8.21. The molecule has 0 amide bonds. The van der Waals surface area contributed by atoms with Gasteiger partial charge in [0.05, 0.1) is 0 Å². The van der Waals surface area contributed by atoms with Gasteiger partial charge in [-0.3, -0.25) is 0 Å². The van der Waals surface area contributed by atoms with Gasteiger partial charge in [0.1, 0.15) is 5.40 Å². The summed E-state index contributed by atoms with van der Waals surface area (Å²) in [6.07, 6.45) is 0. The molecule has 0 spiro atoms. The van der Waals surface area contributed by atoms with E-state index < -0.39 is 0 Å². The van der Waals surface area contributed by atoms with Gasteiger partial charge < -0.3 is 5.32 Å². The zero-order valence-electron chi connectivity index (χ0n) is 10.6. The minimum absolute atomic E-state index is 0.959. The zero-order chi connectivity index (χ0) is 13.2. The summed E-state index contributed by atoms with van der Waals surface area (Å²) in [5.74, 6) is 0. The van der Waals surface area contributed by atoms with Gasteiger partial charge in [0.15, 0.2) is 0 Å². The van der Waals surface area contributed by atoms with Gasteiger partial charge in [0.25, 0.3) is 0 Å². The topological polar surface area (TPSA) is 35.8 Å². The maximum atomic E-state index is 8.52. The second-order valence-corrected chi connectivity index (χ2v) is 4.07. The average Bonchev–Trinajstić information content (AvgIpc) is 2.45. The van der Waals surface area contributed by atoms with E-state index in [1.54, 1.807) is 0 Å². The molecule has 0 saturated heterocycles. The standard InChI is InChI=1S/C13H10N2S.C2H6/c14-10-16-13-8-6-12(7-9-13)15-11-4-2-1-3-5-11;1-2/h1-9,15H;1-2H3. The molecule has 0 fully saturated rings. The minimum atomic E-state index is 0.959. The van der Waals surface area contributed by atoms with Gasteiger partial charge in [-0.05, 0) is 48.2 Å². The molecule has 2 rings (SSSR count). The Kier molecular flexibility index (Phi) is 6.45. The first-order valence-electron chi connectivity index (χ1n) is 5.86. The van der Waals surface area contributed by atoms with Crippen molar-refractivity contribution >= 4 is 23.1 Å². The smallest absolute Gasteiger partial charge is 0.138 e. The number of rotatable bonds is 3. The zero-order valence-corrected chi connectivity index (χ0v) is 11.4. The van der Waals surface area contributed by atoms with Crippen LogP contribution in [0.25, 0.3) is 0 Å². The number of thioether (sulfide) groups is 1. The number of hydrogen-bond acceptors (Lipinski definition) is 3. The molecule has 0 heterocycles. The lowest BCUT2D eigenvalue weighted by molar-refractivity contribution is 1.44. The van der Waals surface area contributed by atoms with Crippen LogP contribution in [0.1, 0.15) is 13.8 Å². The lowest BCUT2D eigenvalue weighted by atomic mass is 10.3. The molecule has 0 aliphatic carbocycles. The Morgan fingerprint density at radius 1 is 0.889 bits per heavy atom. The number of para-hydroxylation sites is 1. The van der Waals surface area contributed by atoms with Gasteiger partial charge in [0.2, 0.25) is 0 Å². The van der Waals surface area contributed by atoms with Crippen LogP contribution in [0.3, 0.4) is 0 Å². The molecule has 18 heavy (non-hydrogen) atoms. The van der Waals surface area contributed by atoms with Crippen molar-refractivity contribution < 1.29 is 0 Å². The Hall–Kier alpha value is -1.92. The van der Waals surface area contributed by atoms with Crippen molar-refractivity contribution in [3.63, 3.8) is 0 Å². The van der Waals surface area contributed by atoms with Crippen LogP contribution in [0.5, 0.6) is 0 Å². The highest BCUT2D eigenvalue weighted by Crippen LogP contribution is 2.21. The Morgan fingerprint density at radius 2 is 1.44 bits per heavy atom. The van der Waals surface area contributed by atoms with E-state index in [4.69, 9.17) is 5.26 Å². The molecule has 0 saturated carbocycles. The lowest BCUT2D eigenvalue weighted by Gasteiger charge is -2.05. The largest absolute Gasteiger partial charge is 0.356 e. The third kappa shape index (κ3) is 4.52. The number of nitriles is 1. The van der Waals surface area contributed by atoms with Crippen molar-refractivity contribution in [1.29, 1.82) is 5.26 Å². The van der Waals surface area contributed by atoms with E-state index in [0.29, 0.717) is 0 Å². The average molecular weight is 256 g/mol. The molecule has 1 N–H and O–H groups in total. The third-order valence-corrected chi connectivity index (χ3v) is 2.68. The molecule has 2 aromatic carbocycles. The number of nitrogens with one attached hydrogen (secondary N) is 1. The maximum absolute atomic E-state index is 8.52. The summed E-state index contributed by atoms with van der Waals surface area (Å²) in [5.41, 5.74) is 2.08. The van der Waals surface area contributed by atoms with Crippen molar-refractivity contribution in [3.05, 3.63) is 54.6 Å². The fourth-order valence-corrected chi connectivity index (χ4v) is 1.72. The number of nitrogens with zero attached hydrogens (tertiary/aromatic N) is 1. The number of benzene rings is 2. The molecule has 0 unspecified atom stereocenters. The molecule has 0 bridgehead atoms. The van der Waals surface area contributed by atoms with Gasteiger partial charge in [-0.2, -0.15) is 5.26 Å². The number of anilines is 2. The van der Waals surface area contributed by atoms with Crippen molar-refractivity contribution in [2.45, 2.75) is 18.7 Å². The van der Waals surface area contributed by atoms with Crippen LogP contribution in [0.15, 0.2) is 59.5 Å². The fourth-order valence-electron chi connectivity index (χ4n) is 1.35. The molecule has 3 heteroatoms. The summed E-state index contributed by atoms with van der Waals surface area (Å²) >= 11 is 1.17. The van der Waals surface area contributed by atoms with Crippen molar-refractivity contribution in [3.8, 4) is 5.40 Å². The van der Waals surface area contributed by atoms with E-state index in [-0.39, 0.29) is 0 Å². The summed E-state index contributed by atoms with van der Waals surface area (Å²) < 4.78 is 0. The molecule has 92 valence electrons. The van der Waals surface area contributed by atoms with Crippen LogP contribution < -0.4 is 5.32 Å². The fraction of sp³-hybridized carbons (Fsp3) is 0.133. The molecule has 0 aliphatic rings. The number of hydrogen-bond donors (Lipinski definition) is 1.